The SMILES string of the molecule is Cc1nc(C(=O)N(C)c2cnccc2Br)co1. The molecule has 0 saturated carbocycles. The summed E-state index contributed by atoms with van der Waals surface area (Å²) in [6.45, 7) is 1.69. The van der Waals surface area contributed by atoms with Gasteiger partial charge in [0.05, 0.1) is 11.9 Å². The fourth-order valence-electron chi connectivity index (χ4n) is 1.36. The van der Waals surface area contributed by atoms with E-state index in [2.05, 4.69) is 25.9 Å². The summed E-state index contributed by atoms with van der Waals surface area (Å²) in [6.07, 6.45) is 4.60. The summed E-state index contributed by atoms with van der Waals surface area (Å²) in [6, 6.07) is 1.77. The van der Waals surface area contributed by atoms with E-state index in [1.54, 1.807) is 32.4 Å². The lowest BCUT2D eigenvalue weighted by Gasteiger charge is -2.16. The molecule has 0 saturated heterocycles. The maximum Gasteiger partial charge on any atom is 0.280 e. The molecule has 1 amide bonds. The second-order valence-corrected chi connectivity index (χ2v) is 4.30. The van der Waals surface area contributed by atoms with Crippen molar-refractivity contribution < 1.29 is 9.21 Å². The van der Waals surface area contributed by atoms with Crippen LogP contribution in [0.3, 0.4) is 0 Å². The van der Waals surface area contributed by atoms with Crippen LogP contribution in [0.4, 0.5) is 5.69 Å². The molecule has 0 atom stereocenters. The number of aryl methyl sites for hydroxylation is 1. The van der Waals surface area contributed by atoms with Gasteiger partial charge >= 0.3 is 0 Å². The Hall–Kier alpha value is -1.69. The highest BCUT2D eigenvalue weighted by Crippen LogP contribution is 2.24. The first kappa shape index (κ1) is 11.8. The smallest absolute Gasteiger partial charge is 0.280 e. The van der Waals surface area contributed by atoms with E-state index in [1.807, 2.05) is 0 Å². The molecule has 0 aliphatic heterocycles. The third-order valence-electron chi connectivity index (χ3n) is 2.25. The Bertz CT molecular complexity index is 553. The van der Waals surface area contributed by atoms with Crippen LogP contribution in [0.2, 0.25) is 0 Å². The van der Waals surface area contributed by atoms with Gasteiger partial charge in [-0.3, -0.25) is 9.78 Å². The number of hydrogen-bond acceptors (Lipinski definition) is 4. The summed E-state index contributed by atoms with van der Waals surface area (Å²) >= 11 is 3.37. The maximum atomic E-state index is 12.1. The fraction of sp³-hybridized carbons (Fsp3) is 0.182. The lowest BCUT2D eigenvalue weighted by atomic mass is 10.3. The van der Waals surface area contributed by atoms with Crippen molar-refractivity contribution in [3.8, 4) is 0 Å². The van der Waals surface area contributed by atoms with Crippen molar-refractivity contribution in [2.45, 2.75) is 6.92 Å². The zero-order valence-corrected chi connectivity index (χ0v) is 10.9. The van der Waals surface area contributed by atoms with Crippen LogP contribution >= 0.6 is 15.9 Å². The normalized spacial score (nSPS) is 10.3. The minimum absolute atomic E-state index is 0.240. The summed E-state index contributed by atoms with van der Waals surface area (Å²) in [5.74, 6) is 0.225. The summed E-state index contributed by atoms with van der Waals surface area (Å²) < 4.78 is 5.81. The summed E-state index contributed by atoms with van der Waals surface area (Å²) in [5, 5.41) is 0. The van der Waals surface area contributed by atoms with Gasteiger partial charge in [0.2, 0.25) is 0 Å². The van der Waals surface area contributed by atoms with Crippen LogP contribution in [0.5, 0.6) is 0 Å². The zero-order valence-electron chi connectivity index (χ0n) is 9.35. The minimum Gasteiger partial charge on any atom is -0.448 e. The number of oxazole rings is 1. The van der Waals surface area contributed by atoms with E-state index in [4.69, 9.17) is 4.42 Å². The predicted molar refractivity (Wildman–Crippen MR) is 65.9 cm³/mol. The summed E-state index contributed by atoms with van der Waals surface area (Å²) in [5.41, 5.74) is 0.957. The second kappa shape index (κ2) is 4.67. The molecule has 0 aliphatic carbocycles. The Morgan fingerprint density at radius 3 is 2.88 bits per heavy atom. The third-order valence-corrected chi connectivity index (χ3v) is 2.92. The molecule has 2 aromatic rings. The number of anilines is 1. The van der Waals surface area contributed by atoms with E-state index in [1.165, 1.54) is 11.2 Å². The monoisotopic (exact) mass is 295 g/mol. The quantitative estimate of drug-likeness (QED) is 0.854. The fourth-order valence-corrected chi connectivity index (χ4v) is 1.85. The minimum atomic E-state index is -0.240. The van der Waals surface area contributed by atoms with Crippen molar-refractivity contribution in [1.82, 2.24) is 9.97 Å². The van der Waals surface area contributed by atoms with Gasteiger partial charge in [0, 0.05) is 24.6 Å². The van der Waals surface area contributed by atoms with Crippen molar-refractivity contribution in [1.29, 1.82) is 0 Å². The van der Waals surface area contributed by atoms with Crippen molar-refractivity contribution in [2.24, 2.45) is 0 Å². The molecule has 2 heterocycles. The first-order chi connectivity index (χ1) is 8.09. The van der Waals surface area contributed by atoms with Crippen LogP contribution in [-0.2, 0) is 0 Å². The number of hydrogen-bond donors (Lipinski definition) is 0. The standard InChI is InChI=1S/C11H10BrN3O2/c1-7-14-9(6-17-7)11(16)15(2)10-5-13-4-3-8(10)12/h3-6H,1-2H3. The van der Waals surface area contributed by atoms with E-state index >= 15 is 0 Å². The number of halogens is 1. The number of rotatable bonds is 2. The van der Waals surface area contributed by atoms with Gasteiger partial charge in [0.1, 0.15) is 6.26 Å². The number of carbonyl (C=O) groups excluding carboxylic acids is 1. The van der Waals surface area contributed by atoms with Crippen LogP contribution in [-0.4, -0.2) is 22.9 Å². The van der Waals surface area contributed by atoms with Gasteiger partial charge in [-0.05, 0) is 22.0 Å². The zero-order chi connectivity index (χ0) is 12.4. The third kappa shape index (κ3) is 2.36. The molecular formula is C11H10BrN3O2. The van der Waals surface area contributed by atoms with Crippen molar-refractivity contribution in [3.05, 3.63) is 40.8 Å². The van der Waals surface area contributed by atoms with Crippen LogP contribution in [0, 0.1) is 6.92 Å². The van der Waals surface area contributed by atoms with Gasteiger partial charge in [-0.1, -0.05) is 0 Å². The summed E-state index contributed by atoms with van der Waals surface area (Å²) in [4.78, 5) is 21.5. The number of nitrogens with zero attached hydrogens (tertiary/aromatic N) is 3. The highest BCUT2D eigenvalue weighted by atomic mass is 79.9. The average molecular weight is 296 g/mol. The molecule has 0 fully saturated rings. The predicted octanol–water partition coefficient (Wildman–Crippen LogP) is 2.42. The Labute approximate surface area is 107 Å². The van der Waals surface area contributed by atoms with Crippen LogP contribution in [0.1, 0.15) is 16.4 Å². The second-order valence-electron chi connectivity index (χ2n) is 3.44. The molecule has 5 nitrogen and oxygen atoms in total. The molecule has 0 aromatic carbocycles. The van der Waals surface area contributed by atoms with Gasteiger partial charge in [-0.25, -0.2) is 4.98 Å². The number of pyridine rings is 1. The van der Waals surface area contributed by atoms with Gasteiger partial charge in [0.15, 0.2) is 11.6 Å². The molecule has 0 N–H and O–H groups in total. The number of aromatic nitrogens is 2. The topological polar surface area (TPSA) is 59.2 Å². The van der Waals surface area contributed by atoms with Crippen LogP contribution in [0.25, 0.3) is 0 Å². The highest BCUT2D eigenvalue weighted by molar-refractivity contribution is 9.10. The molecule has 2 rings (SSSR count). The highest BCUT2D eigenvalue weighted by Gasteiger charge is 2.18. The number of amides is 1. The molecular weight excluding hydrogens is 286 g/mol. The average Bonchev–Trinajstić information content (AvgIpc) is 2.75. The van der Waals surface area contributed by atoms with Crippen molar-refractivity contribution >= 4 is 27.5 Å². The summed E-state index contributed by atoms with van der Waals surface area (Å²) in [7, 11) is 1.66. The van der Waals surface area contributed by atoms with E-state index in [0.29, 0.717) is 11.6 Å². The Balaban J connectivity index is 2.29. The van der Waals surface area contributed by atoms with Gasteiger partial charge in [-0.15, -0.1) is 0 Å². The van der Waals surface area contributed by atoms with E-state index in [0.717, 1.165) is 4.47 Å². The molecule has 88 valence electrons. The number of carbonyl (C=O) groups is 1. The molecule has 0 aliphatic rings. The molecule has 6 heteroatoms. The van der Waals surface area contributed by atoms with E-state index < -0.39 is 0 Å². The van der Waals surface area contributed by atoms with Crippen LogP contribution < -0.4 is 4.90 Å². The molecule has 0 unspecified atom stereocenters. The molecule has 0 radical (unpaired) electrons. The Morgan fingerprint density at radius 2 is 2.29 bits per heavy atom. The first-order valence-electron chi connectivity index (χ1n) is 4.89. The van der Waals surface area contributed by atoms with E-state index in [9.17, 15) is 4.79 Å². The van der Waals surface area contributed by atoms with Gasteiger partial charge in [0.25, 0.3) is 5.91 Å². The Kier molecular flexibility index (Phi) is 3.23. The van der Waals surface area contributed by atoms with Gasteiger partial charge in [-0.2, -0.15) is 0 Å². The van der Waals surface area contributed by atoms with Gasteiger partial charge < -0.3 is 9.32 Å². The largest absolute Gasteiger partial charge is 0.448 e. The molecule has 0 bridgehead atoms. The molecule has 0 spiro atoms. The maximum absolute atomic E-state index is 12.1. The molecule has 2 aromatic heterocycles. The van der Waals surface area contributed by atoms with Crippen molar-refractivity contribution in [2.75, 3.05) is 11.9 Å². The van der Waals surface area contributed by atoms with E-state index in [-0.39, 0.29) is 11.6 Å². The lowest BCUT2D eigenvalue weighted by molar-refractivity contribution is 0.0988. The molecule has 17 heavy (non-hydrogen) atoms. The Morgan fingerprint density at radius 1 is 1.53 bits per heavy atom. The lowest BCUT2D eigenvalue weighted by Crippen LogP contribution is -2.27. The van der Waals surface area contributed by atoms with Crippen molar-refractivity contribution in [3.63, 3.8) is 0 Å². The first-order valence-corrected chi connectivity index (χ1v) is 5.68. The van der Waals surface area contributed by atoms with Crippen LogP contribution in [0.15, 0.2) is 33.6 Å².